The smallest absolute Gasteiger partial charge is 0.239 e. The molecule has 8 heteroatoms. The van der Waals surface area contributed by atoms with Crippen molar-refractivity contribution < 1.29 is 9.21 Å². The van der Waals surface area contributed by atoms with Crippen molar-refractivity contribution in [3.05, 3.63) is 71.3 Å². The molecule has 1 amide bonds. The highest BCUT2D eigenvalue weighted by atomic mass is 35.5. The molecule has 0 aliphatic carbocycles. The number of rotatable bonds is 4. The van der Waals surface area contributed by atoms with Crippen molar-refractivity contribution in [3.8, 4) is 11.1 Å². The number of hydrogen-bond donors (Lipinski definition) is 1. The lowest BCUT2D eigenvalue weighted by Gasteiger charge is -2.37. The zero-order valence-corrected chi connectivity index (χ0v) is 20.1. The van der Waals surface area contributed by atoms with Crippen LogP contribution < -0.4 is 10.2 Å². The van der Waals surface area contributed by atoms with Gasteiger partial charge in [-0.25, -0.2) is 4.98 Å². The van der Waals surface area contributed by atoms with Gasteiger partial charge in [0.15, 0.2) is 0 Å². The highest BCUT2D eigenvalue weighted by molar-refractivity contribution is 6.30. The molecule has 0 bridgehead atoms. The number of anilines is 1. The third-order valence-corrected chi connectivity index (χ3v) is 6.82. The van der Waals surface area contributed by atoms with Crippen molar-refractivity contribution in [1.29, 1.82) is 0 Å². The second kappa shape index (κ2) is 10.2. The fourth-order valence-corrected chi connectivity index (χ4v) is 5.04. The van der Waals surface area contributed by atoms with Gasteiger partial charge in [0.05, 0.1) is 18.6 Å². The van der Waals surface area contributed by atoms with Crippen LogP contribution in [0, 0.1) is 6.92 Å². The van der Waals surface area contributed by atoms with Crippen LogP contribution in [0.15, 0.2) is 59.5 Å². The van der Waals surface area contributed by atoms with E-state index in [-0.39, 0.29) is 24.4 Å². The normalized spacial score (nSPS) is 20.5. The highest BCUT2D eigenvalue weighted by Crippen LogP contribution is 2.33. The number of hydrogen-bond acceptors (Lipinski definition) is 5. The van der Waals surface area contributed by atoms with Gasteiger partial charge in [0.2, 0.25) is 5.91 Å². The molecule has 0 saturated carbocycles. The molecule has 0 radical (unpaired) electrons. The van der Waals surface area contributed by atoms with E-state index < -0.39 is 0 Å². The Labute approximate surface area is 205 Å². The summed E-state index contributed by atoms with van der Waals surface area (Å²) in [6.07, 6.45) is 6.11. The van der Waals surface area contributed by atoms with Crippen LogP contribution in [0.1, 0.15) is 23.5 Å². The molecule has 1 aromatic carbocycles. The fraction of sp³-hybridized carbons (Fsp3) is 0.360. The molecule has 5 rings (SSSR count). The Bertz CT molecular complexity index is 1100. The molecule has 2 aliphatic rings. The molecule has 0 spiro atoms. The molecule has 33 heavy (non-hydrogen) atoms. The van der Waals surface area contributed by atoms with Crippen LogP contribution >= 0.6 is 24.0 Å². The van der Waals surface area contributed by atoms with Gasteiger partial charge in [-0.1, -0.05) is 23.7 Å². The summed E-state index contributed by atoms with van der Waals surface area (Å²) in [5.74, 6) is 1.47. The molecule has 2 fully saturated rings. The first-order valence-electron chi connectivity index (χ1n) is 11.1. The first kappa shape index (κ1) is 23.6. The number of benzene rings is 1. The maximum Gasteiger partial charge on any atom is 0.239 e. The predicted molar refractivity (Wildman–Crippen MR) is 133 cm³/mol. The molecule has 1 N–H and O–H groups in total. The van der Waals surface area contributed by atoms with E-state index in [1.807, 2.05) is 41.4 Å². The largest absolute Gasteiger partial charge is 0.472 e. The average Bonchev–Trinajstić information content (AvgIpc) is 3.51. The third-order valence-electron chi connectivity index (χ3n) is 6.59. The molecule has 2 aliphatic heterocycles. The lowest BCUT2D eigenvalue weighted by molar-refractivity contribution is -0.133. The van der Waals surface area contributed by atoms with E-state index in [0.29, 0.717) is 19.0 Å². The molecule has 4 heterocycles. The van der Waals surface area contributed by atoms with Crippen molar-refractivity contribution >= 4 is 35.7 Å². The van der Waals surface area contributed by atoms with Gasteiger partial charge in [-0.15, -0.1) is 12.4 Å². The van der Waals surface area contributed by atoms with Crippen molar-refractivity contribution in [2.24, 2.45) is 0 Å². The van der Waals surface area contributed by atoms with Crippen LogP contribution in [0.5, 0.6) is 0 Å². The summed E-state index contributed by atoms with van der Waals surface area (Å²) >= 11 is 6.15. The number of nitrogens with one attached hydrogen (secondary N) is 1. The Kier molecular flexibility index (Phi) is 7.27. The first-order valence-corrected chi connectivity index (χ1v) is 11.5. The van der Waals surface area contributed by atoms with Crippen LogP contribution in [0.3, 0.4) is 0 Å². The lowest BCUT2D eigenvalue weighted by atomic mass is 9.96. The minimum atomic E-state index is -0.135. The van der Waals surface area contributed by atoms with Crippen LogP contribution in [0.25, 0.3) is 11.1 Å². The van der Waals surface area contributed by atoms with E-state index in [1.165, 1.54) is 5.56 Å². The molecule has 0 unspecified atom stereocenters. The molecule has 2 atom stereocenters. The van der Waals surface area contributed by atoms with Crippen LogP contribution in [0.2, 0.25) is 5.02 Å². The van der Waals surface area contributed by atoms with Crippen LogP contribution in [-0.2, 0) is 4.79 Å². The Balaban J connectivity index is 0.00000259. The molecule has 174 valence electrons. The fourth-order valence-electron chi connectivity index (χ4n) is 4.84. The quantitative estimate of drug-likeness (QED) is 0.587. The number of furan rings is 1. The van der Waals surface area contributed by atoms with E-state index in [9.17, 15) is 4.79 Å². The van der Waals surface area contributed by atoms with Crippen molar-refractivity contribution in [3.63, 3.8) is 0 Å². The number of aryl methyl sites for hydroxylation is 1. The van der Waals surface area contributed by atoms with Crippen molar-refractivity contribution in [2.75, 3.05) is 37.6 Å². The molecule has 2 aromatic heterocycles. The first-order chi connectivity index (χ1) is 15.6. The molecule has 6 nitrogen and oxygen atoms in total. The number of carbonyl (C=O) groups is 1. The number of halogens is 2. The summed E-state index contributed by atoms with van der Waals surface area (Å²) in [6.45, 7) is 5.81. The van der Waals surface area contributed by atoms with Gasteiger partial charge in [0.25, 0.3) is 0 Å². The maximum absolute atomic E-state index is 13.2. The zero-order valence-electron chi connectivity index (χ0n) is 18.5. The van der Waals surface area contributed by atoms with Crippen LogP contribution in [0.4, 0.5) is 5.82 Å². The summed E-state index contributed by atoms with van der Waals surface area (Å²) in [6, 6.07) is 11.8. The van der Waals surface area contributed by atoms with Crippen molar-refractivity contribution in [2.45, 2.75) is 25.3 Å². The van der Waals surface area contributed by atoms with Crippen molar-refractivity contribution in [1.82, 2.24) is 15.2 Å². The second-order valence-corrected chi connectivity index (χ2v) is 9.04. The summed E-state index contributed by atoms with van der Waals surface area (Å²) in [5, 5.41) is 4.17. The molecule has 2 saturated heterocycles. The van der Waals surface area contributed by atoms with Gasteiger partial charge in [0.1, 0.15) is 5.82 Å². The van der Waals surface area contributed by atoms with Gasteiger partial charge in [-0.3, -0.25) is 4.79 Å². The minimum absolute atomic E-state index is 0. The van der Waals surface area contributed by atoms with E-state index >= 15 is 0 Å². The highest BCUT2D eigenvalue weighted by Gasteiger charge is 2.34. The Morgan fingerprint density at radius 3 is 2.73 bits per heavy atom. The Hall–Kier alpha value is -2.54. The molecule has 3 aromatic rings. The molecular weight excluding hydrogens is 459 g/mol. The number of amides is 1. The third kappa shape index (κ3) is 4.88. The van der Waals surface area contributed by atoms with E-state index in [2.05, 4.69) is 28.2 Å². The van der Waals surface area contributed by atoms with Gasteiger partial charge >= 0.3 is 0 Å². The second-order valence-electron chi connectivity index (χ2n) is 8.60. The number of aromatic nitrogens is 1. The minimum Gasteiger partial charge on any atom is -0.472 e. The van der Waals surface area contributed by atoms with Gasteiger partial charge in [-0.2, -0.15) is 0 Å². The Morgan fingerprint density at radius 1 is 1.18 bits per heavy atom. The van der Waals surface area contributed by atoms with Gasteiger partial charge in [-0.05, 0) is 54.7 Å². The number of pyridine rings is 1. The van der Waals surface area contributed by atoms with Gasteiger partial charge in [0, 0.05) is 55.1 Å². The number of nitrogens with zero attached hydrogens (tertiary/aromatic N) is 3. The van der Waals surface area contributed by atoms with Gasteiger partial charge < -0.3 is 19.5 Å². The number of carbonyl (C=O) groups excluding carboxylic acids is 1. The standard InChI is InChI=1S/C25H27ClN4O2.ClH/c1-17-5-7-27-24(23(17)19-6-12-32-16-19)29-8-10-30(11-9-29)25(31)22-14-20(15-28-22)18-3-2-4-21(26)13-18;/h2-7,12-13,16,20,22,28H,8-11,14-15H2,1H3;1H/t20-,22-;/m1./s1. The molecular formula is C25H28Cl2N4O2. The van der Waals surface area contributed by atoms with E-state index in [0.717, 1.165) is 53.6 Å². The predicted octanol–water partition coefficient (Wildman–Crippen LogP) is 4.52. The van der Waals surface area contributed by atoms with E-state index in [4.69, 9.17) is 16.0 Å². The van der Waals surface area contributed by atoms with Crippen LogP contribution in [-0.4, -0.2) is 54.6 Å². The summed E-state index contributed by atoms with van der Waals surface area (Å²) in [7, 11) is 0. The SMILES string of the molecule is Cc1ccnc(N2CCN(C(=O)[C@H]3C[C@@H](c4cccc(Cl)c4)CN3)CC2)c1-c1ccoc1.Cl. The Morgan fingerprint density at radius 2 is 2.00 bits per heavy atom. The summed E-state index contributed by atoms with van der Waals surface area (Å²) in [4.78, 5) is 22.1. The topological polar surface area (TPSA) is 61.6 Å². The lowest BCUT2D eigenvalue weighted by Crippen LogP contribution is -2.53. The maximum atomic E-state index is 13.2. The average molecular weight is 487 g/mol. The summed E-state index contributed by atoms with van der Waals surface area (Å²) in [5.41, 5.74) is 4.49. The number of piperazine rings is 1. The monoisotopic (exact) mass is 486 g/mol. The van der Waals surface area contributed by atoms with E-state index in [1.54, 1.807) is 12.5 Å². The summed E-state index contributed by atoms with van der Waals surface area (Å²) < 4.78 is 5.31. The zero-order chi connectivity index (χ0) is 22.1.